The van der Waals surface area contributed by atoms with Gasteiger partial charge in [0.05, 0.1) is 21.3 Å². The second-order valence-corrected chi connectivity index (χ2v) is 4.60. The van der Waals surface area contributed by atoms with E-state index in [-0.39, 0.29) is 0 Å². The van der Waals surface area contributed by atoms with Crippen molar-refractivity contribution in [2.75, 3.05) is 26.6 Å². The molecule has 0 saturated carbocycles. The fourth-order valence-electron chi connectivity index (χ4n) is 1.71. The number of methoxy groups -OCH3 is 3. The minimum atomic E-state index is 0.608. The van der Waals surface area contributed by atoms with E-state index in [1.54, 1.807) is 38.9 Å². The van der Waals surface area contributed by atoms with E-state index in [0.717, 1.165) is 16.4 Å². The van der Waals surface area contributed by atoms with Gasteiger partial charge in [0.15, 0.2) is 16.6 Å². The third-order valence-electron chi connectivity index (χ3n) is 2.65. The van der Waals surface area contributed by atoms with Crippen LogP contribution in [0, 0.1) is 0 Å². The summed E-state index contributed by atoms with van der Waals surface area (Å²) in [6.45, 7) is 0.608. The third kappa shape index (κ3) is 3.08. The van der Waals surface area contributed by atoms with Crippen molar-refractivity contribution in [3.63, 3.8) is 0 Å². The van der Waals surface area contributed by atoms with E-state index >= 15 is 0 Å². The van der Waals surface area contributed by atoms with Gasteiger partial charge in [0.2, 0.25) is 0 Å². The first kappa shape index (κ1) is 13.5. The van der Waals surface area contributed by atoms with Crippen LogP contribution in [-0.2, 0) is 6.54 Å². The molecule has 1 aromatic heterocycles. The van der Waals surface area contributed by atoms with Gasteiger partial charge in [-0.3, -0.25) is 0 Å². The number of nitrogens with zero attached hydrogens (tertiary/aromatic N) is 1. The number of thiazole rings is 1. The van der Waals surface area contributed by atoms with Crippen molar-refractivity contribution in [3.05, 3.63) is 29.3 Å². The van der Waals surface area contributed by atoms with E-state index in [1.165, 1.54) is 0 Å². The Morgan fingerprint density at radius 3 is 2.32 bits per heavy atom. The van der Waals surface area contributed by atoms with Gasteiger partial charge < -0.3 is 19.5 Å². The molecule has 0 aliphatic heterocycles. The maximum atomic E-state index is 5.36. The highest BCUT2D eigenvalue weighted by Gasteiger charge is 2.11. The van der Waals surface area contributed by atoms with Crippen molar-refractivity contribution in [1.82, 2.24) is 4.98 Å². The number of hydrogen-bond acceptors (Lipinski definition) is 6. The van der Waals surface area contributed by atoms with Crippen LogP contribution in [0.4, 0.5) is 5.13 Å². The second kappa shape index (κ2) is 6.29. The zero-order chi connectivity index (χ0) is 13.7. The third-order valence-corrected chi connectivity index (χ3v) is 3.38. The quantitative estimate of drug-likeness (QED) is 0.881. The monoisotopic (exact) mass is 280 g/mol. The lowest BCUT2D eigenvalue weighted by Gasteiger charge is -2.14. The number of aromatic nitrogens is 1. The molecule has 0 amide bonds. The molecular weight excluding hydrogens is 264 g/mol. The molecule has 0 radical (unpaired) electrons. The van der Waals surface area contributed by atoms with Crippen molar-refractivity contribution in [2.45, 2.75) is 6.54 Å². The predicted octanol–water partition coefficient (Wildman–Crippen LogP) is 2.78. The van der Waals surface area contributed by atoms with Gasteiger partial charge in [0.1, 0.15) is 5.75 Å². The molecule has 1 aromatic carbocycles. The highest BCUT2D eigenvalue weighted by Crippen LogP contribution is 2.34. The fourth-order valence-corrected chi connectivity index (χ4v) is 2.24. The van der Waals surface area contributed by atoms with Gasteiger partial charge in [-0.25, -0.2) is 4.98 Å². The highest BCUT2D eigenvalue weighted by atomic mass is 32.1. The van der Waals surface area contributed by atoms with Crippen LogP contribution in [0.5, 0.6) is 17.2 Å². The lowest BCUT2D eigenvalue weighted by Crippen LogP contribution is -2.03. The number of nitrogens with one attached hydrogen (secondary N) is 1. The maximum Gasteiger partial charge on any atom is 0.182 e. The van der Waals surface area contributed by atoms with E-state index < -0.39 is 0 Å². The molecule has 5 nitrogen and oxygen atoms in total. The van der Waals surface area contributed by atoms with Crippen molar-refractivity contribution < 1.29 is 14.2 Å². The van der Waals surface area contributed by atoms with Crippen LogP contribution < -0.4 is 19.5 Å². The van der Waals surface area contributed by atoms with E-state index in [0.29, 0.717) is 18.0 Å². The van der Waals surface area contributed by atoms with Gasteiger partial charge in [-0.2, -0.15) is 0 Å². The molecule has 1 N–H and O–H groups in total. The fraction of sp³-hybridized carbons (Fsp3) is 0.308. The van der Waals surface area contributed by atoms with Crippen molar-refractivity contribution in [2.24, 2.45) is 0 Å². The first-order chi connectivity index (χ1) is 9.28. The zero-order valence-electron chi connectivity index (χ0n) is 11.1. The Hall–Kier alpha value is -1.95. The first-order valence-electron chi connectivity index (χ1n) is 5.70. The molecule has 1 heterocycles. The Labute approximate surface area is 116 Å². The highest BCUT2D eigenvalue weighted by molar-refractivity contribution is 7.13. The van der Waals surface area contributed by atoms with E-state index in [4.69, 9.17) is 14.2 Å². The average molecular weight is 280 g/mol. The van der Waals surface area contributed by atoms with Gasteiger partial charge in [0, 0.05) is 29.8 Å². The standard InChI is InChI=1S/C13H16N2O3S/c1-16-10-7-12(18-3)11(17-2)6-9(10)8-15-13-14-4-5-19-13/h4-7H,8H2,1-3H3,(H,14,15). The number of hydrogen-bond donors (Lipinski definition) is 1. The molecule has 102 valence electrons. The molecule has 19 heavy (non-hydrogen) atoms. The normalized spacial score (nSPS) is 10.1. The predicted molar refractivity (Wildman–Crippen MR) is 75.5 cm³/mol. The zero-order valence-corrected chi connectivity index (χ0v) is 11.9. The van der Waals surface area contributed by atoms with Gasteiger partial charge in [0.25, 0.3) is 0 Å². The average Bonchev–Trinajstić information content (AvgIpc) is 2.97. The maximum absolute atomic E-state index is 5.36. The van der Waals surface area contributed by atoms with E-state index in [1.807, 2.05) is 17.5 Å². The second-order valence-electron chi connectivity index (χ2n) is 3.71. The van der Waals surface area contributed by atoms with Crippen LogP contribution in [0.15, 0.2) is 23.7 Å². The van der Waals surface area contributed by atoms with Gasteiger partial charge >= 0.3 is 0 Å². The Bertz CT molecular complexity index is 529. The smallest absolute Gasteiger partial charge is 0.182 e. The Morgan fingerprint density at radius 2 is 1.74 bits per heavy atom. The molecule has 0 aliphatic rings. The summed E-state index contributed by atoms with van der Waals surface area (Å²) in [7, 11) is 4.85. The molecule has 2 rings (SSSR count). The van der Waals surface area contributed by atoms with Crippen LogP contribution >= 0.6 is 11.3 Å². The molecular formula is C13H16N2O3S. The van der Waals surface area contributed by atoms with Gasteiger partial charge in [-0.15, -0.1) is 11.3 Å². The van der Waals surface area contributed by atoms with Crippen LogP contribution in [0.3, 0.4) is 0 Å². The lowest BCUT2D eigenvalue weighted by atomic mass is 10.1. The molecule has 0 saturated heterocycles. The number of ether oxygens (including phenoxy) is 3. The molecule has 0 fully saturated rings. The molecule has 0 bridgehead atoms. The number of rotatable bonds is 6. The van der Waals surface area contributed by atoms with Gasteiger partial charge in [-0.05, 0) is 6.07 Å². The summed E-state index contributed by atoms with van der Waals surface area (Å²) >= 11 is 1.55. The SMILES string of the molecule is COc1cc(OC)c(OC)cc1CNc1nccs1. The summed E-state index contributed by atoms with van der Waals surface area (Å²) in [5.74, 6) is 2.08. The Balaban J connectivity index is 2.22. The Morgan fingerprint density at radius 1 is 1.05 bits per heavy atom. The summed E-state index contributed by atoms with van der Waals surface area (Å²) in [5, 5.41) is 6.03. The Kier molecular flexibility index (Phi) is 4.46. The largest absolute Gasteiger partial charge is 0.496 e. The van der Waals surface area contributed by atoms with Crippen LogP contribution in [0.2, 0.25) is 0 Å². The summed E-state index contributed by atoms with van der Waals surface area (Å²) in [5.41, 5.74) is 0.982. The molecule has 0 atom stereocenters. The molecule has 6 heteroatoms. The number of anilines is 1. The summed E-state index contributed by atoms with van der Waals surface area (Å²) < 4.78 is 15.9. The van der Waals surface area contributed by atoms with E-state index in [9.17, 15) is 0 Å². The molecule has 0 unspecified atom stereocenters. The lowest BCUT2D eigenvalue weighted by molar-refractivity contribution is 0.347. The minimum Gasteiger partial charge on any atom is -0.496 e. The van der Waals surface area contributed by atoms with Crippen molar-refractivity contribution in [1.29, 1.82) is 0 Å². The molecule has 0 aliphatic carbocycles. The topological polar surface area (TPSA) is 52.6 Å². The van der Waals surface area contributed by atoms with E-state index in [2.05, 4.69) is 10.3 Å². The minimum absolute atomic E-state index is 0.608. The van der Waals surface area contributed by atoms with Crippen LogP contribution in [0.25, 0.3) is 0 Å². The first-order valence-corrected chi connectivity index (χ1v) is 6.58. The van der Waals surface area contributed by atoms with Gasteiger partial charge in [-0.1, -0.05) is 0 Å². The molecule has 0 spiro atoms. The number of benzene rings is 1. The summed E-state index contributed by atoms with van der Waals surface area (Å²) in [6, 6.07) is 3.72. The van der Waals surface area contributed by atoms with Crippen molar-refractivity contribution >= 4 is 16.5 Å². The summed E-state index contributed by atoms with van der Waals surface area (Å²) in [4.78, 5) is 4.17. The van der Waals surface area contributed by atoms with Crippen LogP contribution in [-0.4, -0.2) is 26.3 Å². The van der Waals surface area contributed by atoms with Crippen LogP contribution in [0.1, 0.15) is 5.56 Å². The summed E-state index contributed by atoms with van der Waals surface area (Å²) in [6.07, 6.45) is 1.76. The molecule has 2 aromatic rings. The van der Waals surface area contributed by atoms with Crippen molar-refractivity contribution in [3.8, 4) is 17.2 Å².